The molecule has 2 aromatic carbocycles. The fourth-order valence-electron chi connectivity index (χ4n) is 2.78. The number of hydrogen-bond acceptors (Lipinski definition) is 6. The molecule has 0 saturated heterocycles. The van der Waals surface area contributed by atoms with E-state index in [1.165, 1.54) is 35.6 Å². The molecule has 29 heavy (non-hydrogen) atoms. The van der Waals surface area contributed by atoms with E-state index in [2.05, 4.69) is 4.99 Å². The highest BCUT2D eigenvalue weighted by Gasteiger charge is 2.12. The van der Waals surface area contributed by atoms with Gasteiger partial charge < -0.3 is 14.0 Å². The Balaban J connectivity index is 2.02. The third-order valence-electron chi connectivity index (χ3n) is 4.28. The lowest BCUT2D eigenvalue weighted by atomic mass is 10.2. The highest BCUT2D eigenvalue weighted by atomic mass is 32.2. The molecule has 7 nitrogen and oxygen atoms in total. The van der Waals surface area contributed by atoms with E-state index in [4.69, 9.17) is 9.47 Å². The van der Waals surface area contributed by atoms with E-state index in [0.29, 0.717) is 30.1 Å². The Morgan fingerprint density at radius 2 is 1.90 bits per heavy atom. The molecule has 0 atom stereocenters. The van der Waals surface area contributed by atoms with Crippen LogP contribution in [0.25, 0.3) is 10.2 Å². The number of amides is 1. The van der Waals surface area contributed by atoms with E-state index in [1.54, 1.807) is 7.11 Å². The van der Waals surface area contributed by atoms with E-state index in [9.17, 15) is 13.2 Å². The highest BCUT2D eigenvalue weighted by molar-refractivity contribution is 7.90. The molecule has 0 N–H and O–H groups in total. The van der Waals surface area contributed by atoms with Crippen LogP contribution in [-0.2, 0) is 21.1 Å². The molecule has 0 aliphatic heterocycles. The lowest BCUT2D eigenvalue weighted by Gasteiger charge is -2.06. The molecule has 154 valence electrons. The van der Waals surface area contributed by atoms with Gasteiger partial charge in [-0.1, -0.05) is 11.3 Å². The van der Waals surface area contributed by atoms with Crippen LogP contribution in [0.5, 0.6) is 5.75 Å². The van der Waals surface area contributed by atoms with Gasteiger partial charge in [0.25, 0.3) is 5.91 Å². The molecule has 1 amide bonds. The number of methoxy groups -OCH3 is 1. The summed E-state index contributed by atoms with van der Waals surface area (Å²) in [5, 5.41) is 0. The van der Waals surface area contributed by atoms with Crippen molar-refractivity contribution in [1.29, 1.82) is 0 Å². The predicted octanol–water partition coefficient (Wildman–Crippen LogP) is 2.89. The Labute approximate surface area is 173 Å². The number of carbonyl (C=O) groups is 1. The van der Waals surface area contributed by atoms with Gasteiger partial charge in [-0.05, 0) is 49.4 Å². The first-order valence-electron chi connectivity index (χ1n) is 8.97. The van der Waals surface area contributed by atoms with Gasteiger partial charge in [0.05, 0.1) is 28.8 Å². The van der Waals surface area contributed by atoms with Gasteiger partial charge in [0.15, 0.2) is 14.6 Å². The average Bonchev–Trinajstić information content (AvgIpc) is 3.03. The number of fused-ring (bicyclic) bond motifs is 1. The molecule has 0 aliphatic carbocycles. The lowest BCUT2D eigenvalue weighted by molar-refractivity contribution is 0.0996. The zero-order valence-corrected chi connectivity index (χ0v) is 18.0. The summed E-state index contributed by atoms with van der Waals surface area (Å²) in [6.45, 7) is 3.59. The summed E-state index contributed by atoms with van der Waals surface area (Å²) in [4.78, 5) is 17.7. The third kappa shape index (κ3) is 4.92. The predicted molar refractivity (Wildman–Crippen MR) is 112 cm³/mol. The number of rotatable bonds is 7. The number of benzene rings is 2. The number of nitrogens with zero attached hydrogens (tertiary/aromatic N) is 2. The minimum atomic E-state index is -3.32. The van der Waals surface area contributed by atoms with E-state index in [0.717, 1.165) is 22.2 Å². The van der Waals surface area contributed by atoms with Crippen LogP contribution >= 0.6 is 11.3 Å². The topological polar surface area (TPSA) is 87.0 Å². The summed E-state index contributed by atoms with van der Waals surface area (Å²) < 4.78 is 36.8. The molecule has 0 fully saturated rings. The second-order valence-corrected chi connectivity index (χ2v) is 9.31. The highest BCUT2D eigenvalue weighted by Crippen LogP contribution is 2.23. The van der Waals surface area contributed by atoms with Gasteiger partial charge in [-0.3, -0.25) is 4.79 Å². The minimum Gasteiger partial charge on any atom is -0.497 e. The van der Waals surface area contributed by atoms with Gasteiger partial charge in [0, 0.05) is 25.0 Å². The van der Waals surface area contributed by atoms with Crippen molar-refractivity contribution in [2.24, 2.45) is 4.99 Å². The maximum absolute atomic E-state index is 12.7. The third-order valence-corrected chi connectivity index (χ3v) is 6.45. The van der Waals surface area contributed by atoms with Crippen molar-refractivity contribution >= 4 is 37.3 Å². The van der Waals surface area contributed by atoms with Gasteiger partial charge in [-0.15, -0.1) is 0 Å². The second kappa shape index (κ2) is 8.89. The van der Waals surface area contributed by atoms with Crippen LogP contribution in [0.15, 0.2) is 52.4 Å². The van der Waals surface area contributed by atoms with Crippen molar-refractivity contribution in [3.05, 3.63) is 52.8 Å². The van der Waals surface area contributed by atoms with Crippen molar-refractivity contribution in [3.63, 3.8) is 0 Å². The fourth-order valence-corrected chi connectivity index (χ4v) is 4.49. The van der Waals surface area contributed by atoms with Crippen LogP contribution in [0.1, 0.15) is 17.3 Å². The van der Waals surface area contributed by atoms with Crippen LogP contribution in [0.2, 0.25) is 0 Å². The molecule has 1 aromatic heterocycles. The Bertz CT molecular complexity index is 1190. The molecule has 0 saturated carbocycles. The summed E-state index contributed by atoms with van der Waals surface area (Å²) in [5.41, 5.74) is 1.26. The van der Waals surface area contributed by atoms with Gasteiger partial charge in [0.2, 0.25) is 0 Å². The Morgan fingerprint density at radius 1 is 1.17 bits per heavy atom. The number of aromatic nitrogens is 1. The summed E-state index contributed by atoms with van der Waals surface area (Å²) in [7, 11) is -1.71. The Hall–Kier alpha value is -2.49. The fraction of sp³-hybridized carbons (Fsp3) is 0.300. The maximum atomic E-state index is 12.7. The number of carbonyl (C=O) groups excluding carboxylic acids is 1. The summed E-state index contributed by atoms with van der Waals surface area (Å²) in [6, 6.07) is 11.5. The van der Waals surface area contributed by atoms with Gasteiger partial charge in [-0.25, -0.2) is 8.42 Å². The molecule has 0 aliphatic rings. The van der Waals surface area contributed by atoms with Gasteiger partial charge in [0.1, 0.15) is 5.75 Å². The van der Waals surface area contributed by atoms with E-state index in [1.807, 2.05) is 29.7 Å². The van der Waals surface area contributed by atoms with Crippen molar-refractivity contribution in [1.82, 2.24) is 4.57 Å². The molecule has 3 rings (SSSR count). The molecule has 0 bridgehead atoms. The van der Waals surface area contributed by atoms with Crippen molar-refractivity contribution < 1.29 is 22.7 Å². The summed E-state index contributed by atoms with van der Waals surface area (Å²) in [5.74, 6) is 0.290. The zero-order valence-electron chi connectivity index (χ0n) is 16.4. The summed E-state index contributed by atoms with van der Waals surface area (Å²) >= 11 is 1.39. The number of ether oxygens (including phenoxy) is 2. The maximum Gasteiger partial charge on any atom is 0.279 e. The van der Waals surface area contributed by atoms with Crippen LogP contribution < -0.4 is 9.54 Å². The van der Waals surface area contributed by atoms with Crippen LogP contribution in [0, 0.1) is 0 Å². The second-order valence-electron chi connectivity index (χ2n) is 6.28. The van der Waals surface area contributed by atoms with Crippen LogP contribution in [0.3, 0.4) is 0 Å². The largest absolute Gasteiger partial charge is 0.497 e. The van der Waals surface area contributed by atoms with E-state index >= 15 is 0 Å². The zero-order chi connectivity index (χ0) is 21.0. The first kappa shape index (κ1) is 21.2. The first-order chi connectivity index (χ1) is 13.8. The molecule has 9 heteroatoms. The van der Waals surface area contributed by atoms with Crippen molar-refractivity contribution in [2.45, 2.75) is 18.4 Å². The first-order valence-corrected chi connectivity index (χ1v) is 11.7. The van der Waals surface area contributed by atoms with Gasteiger partial charge in [-0.2, -0.15) is 4.99 Å². The van der Waals surface area contributed by atoms with Crippen LogP contribution in [0.4, 0.5) is 0 Å². The normalized spacial score (nSPS) is 12.4. The van der Waals surface area contributed by atoms with E-state index < -0.39 is 15.7 Å². The molecule has 0 radical (unpaired) electrons. The minimum absolute atomic E-state index is 0.162. The Morgan fingerprint density at radius 3 is 2.52 bits per heavy atom. The molecule has 0 unspecified atom stereocenters. The monoisotopic (exact) mass is 434 g/mol. The quantitative estimate of drug-likeness (QED) is 0.534. The molecule has 3 aromatic rings. The molecular weight excluding hydrogens is 412 g/mol. The van der Waals surface area contributed by atoms with Crippen LogP contribution in [-0.4, -0.2) is 45.5 Å². The number of hydrogen-bond donors (Lipinski definition) is 0. The van der Waals surface area contributed by atoms with Gasteiger partial charge >= 0.3 is 0 Å². The Kier molecular flexibility index (Phi) is 6.51. The van der Waals surface area contributed by atoms with Crippen molar-refractivity contribution in [3.8, 4) is 5.75 Å². The average molecular weight is 435 g/mol. The van der Waals surface area contributed by atoms with E-state index in [-0.39, 0.29) is 4.90 Å². The standard InChI is InChI=1S/C20H22N2O5S2/c1-4-27-12-11-22-17-10-7-15(26-2)13-18(17)28-20(22)21-19(23)14-5-8-16(9-6-14)29(3,24)25/h5-10,13H,4,11-12H2,1-3H3. The molecule has 0 spiro atoms. The number of thiazole rings is 1. The summed E-state index contributed by atoms with van der Waals surface area (Å²) in [6.07, 6.45) is 1.13. The molecular formula is C20H22N2O5S2. The molecule has 1 heterocycles. The lowest BCUT2D eigenvalue weighted by Crippen LogP contribution is -2.19. The number of sulfone groups is 1. The smallest absolute Gasteiger partial charge is 0.279 e. The SMILES string of the molecule is CCOCCn1c(=NC(=O)c2ccc(S(C)(=O)=O)cc2)sc2cc(OC)ccc21. The van der Waals surface area contributed by atoms with Crippen molar-refractivity contribution in [2.75, 3.05) is 26.6 Å².